The predicted octanol–water partition coefficient (Wildman–Crippen LogP) is 3.92. The molecular weight excluding hydrogens is 474 g/mol. The predicted molar refractivity (Wildman–Crippen MR) is 134 cm³/mol. The van der Waals surface area contributed by atoms with E-state index in [0.29, 0.717) is 29.9 Å². The number of likely N-dealkylation sites (tertiary alicyclic amines) is 2. The Bertz CT molecular complexity index is 1490. The molecule has 0 radical (unpaired) electrons. The summed E-state index contributed by atoms with van der Waals surface area (Å²) in [6.45, 7) is 7.35. The molecule has 0 N–H and O–H groups in total. The second kappa shape index (κ2) is 7.93. The van der Waals surface area contributed by atoms with Crippen LogP contribution in [0.5, 0.6) is 0 Å². The van der Waals surface area contributed by atoms with E-state index in [0.717, 1.165) is 33.5 Å². The van der Waals surface area contributed by atoms with Gasteiger partial charge in [0.15, 0.2) is 0 Å². The highest BCUT2D eigenvalue weighted by molar-refractivity contribution is 7.19. The maximum absolute atomic E-state index is 13.5. The molecule has 3 fully saturated rings. The number of pyridine rings is 2. The highest BCUT2D eigenvalue weighted by Crippen LogP contribution is 2.63. The Hall–Kier alpha value is -3.64. The molecule has 3 aliphatic rings. The van der Waals surface area contributed by atoms with Gasteiger partial charge in [0, 0.05) is 35.3 Å². The molecule has 8 nitrogen and oxygen atoms in total. The minimum atomic E-state index is -0.241. The molecule has 36 heavy (non-hydrogen) atoms. The van der Waals surface area contributed by atoms with Gasteiger partial charge < -0.3 is 4.90 Å². The molecule has 2 atom stereocenters. The number of amides is 3. The van der Waals surface area contributed by atoms with E-state index in [1.54, 1.807) is 19.2 Å². The fourth-order valence-corrected chi connectivity index (χ4v) is 7.01. The van der Waals surface area contributed by atoms with Gasteiger partial charge in [0.1, 0.15) is 11.8 Å². The molecule has 0 spiro atoms. The number of rotatable bonds is 4. The molecule has 1 aliphatic carbocycles. The van der Waals surface area contributed by atoms with E-state index in [1.165, 1.54) is 16.2 Å². The molecule has 5 heterocycles. The van der Waals surface area contributed by atoms with Crippen LogP contribution in [0.15, 0.2) is 24.4 Å². The van der Waals surface area contributed by atoms with Crippen molar-refractivity contribution in [2.45, 2.75) is 40.2 Å². The van der Waals surface area contributed by atoms with Crippen molar-refractivity contribution in [3.8, 4) is 17.2 Å². The summed E-state index contributed by atoms with van der Waals surface area (Å²) in [5.74, 6) is -0.688. The third kappa shape index (κ3) is 3.28. The Labute approximate surface area is 212 Å². The number of fused-ring (bicyclic) bond motifs is 2. The number of carbonyl (C=O) groups is 3. The van der Waals surface area contributed by atoms with E-state index >= 15 is 0 Å². The topological polar surface area (TPSA) is 107 Å². The number of hydrogen-bond donors (Lipinski definition) is 0. The van der Waals surface area contributed by atoms with Gasteiger partial charge in [-0.3, -0.25) is 24.3 Å². The van der Waals surface area contributed by atoms with Crippen LogP contribution in [0, 0.1) is 35.5 Å². The van der Waals surface area contributed by atoms with Crippen LogP contribution in [0.1, 0.15) is 53.3 Å². The number of nitriles is 1. The number of carbonyl (C=O) groups excluding carboxylic acids is 3. The first kappa shape index (κ1) is 22.8. The van der Waals surface area contributed by atoms with Gasteiger partial charge in [0.25, 0.3) is 5.91 Å². The summed E-state index contributed by atoms with van der Waals surface area (Å²) in [6.07, 6.45) is 3.64. The zero-order chi connectivity index (χ0) is 25.4. The van der Waals surface area contributed by atoms with Gasteiger partial charge in [-0.1, -0.05) is 13.8 Å². The Morgan fingerprint density at radius 2 is 1.86 bits per heavy atom. The minimum Gasteiger partial charge on any atom is -0.339 e. The second-order valence-corrected chi connectivity index (χ2v) is 11.6. The SMILES string of the molecule is Cc1nc(C#N)cc(-c2ccnc3cc(CN4C(=O)C5C(C4=O)C5(C)C)sc23)c1C(=O)N1CCCC1. The summed E-state index contributed by atoms with van der Waals surface area (Å²) in [7, 11) is 0. The molecule has 2 unspecified atom stereocenters. The molecule has 2 aliphatic heterocycles. The zero-order valence-electron chi connectivity index (χ0n) is 20.4. The van der Waals surface area contributed by atoms with Crippen LogP contribution in [0.2, 0.25) is 0 Å². The van der Waals surface area contributed by atoms with Gasteiger partial charge in [-0.15, -0.1) is 11.3 Å². The molecule has 6 rings (SSSR count). The number of hydrogen-bond acceptors (Lipinski definition) is 7. The van der Waals surface area contributed by atoms with Crippen molar-refractivity contribution in [3.05, 3.63) is 46.2 Å². The summed E-state index contributed by atoms with van der Waals surface area (Å²) in [5.41, 5.74) is 3.22. The fraction of sp³-hybridized carbons (Fsp3) is 0.407. The van der Waals surface area contributed by atoms with Crippen LogP contribution in [-0.4, -0.2) is 50.6 Å². The Kier molecular flexibility index (Phi) is 5.02. The Morgan fingerprint density at radius 1 is 1.17 bits per heavy atom. The quantitative estimate of drug-likeness (QED) is 0.504. The number of imide groups is 1. The Morgan fingerprint density at radius 3 is 2.53 bits per heavy atom. The lowest BCUT2D eigenvalue weighted by Crippen LogP contribution is -2.35. The van der Waals surface area contributed by atoms with Crippen LogP contribution < -0.4 is 0 Å². The van der Waals surface area contributed by atoms with Crippen molar-refractivity contribution in [3.63, 3.8) is 0 Å². The first-order valence-electron chi connectivity index (χ1n) is 12.2. The number of aryl methyl sites for hydroxylation is 1. The van der Waals surface area contributed by atoms with Gasteiger partial charge in [0.2, 0.25) is 11.8 Å². The van der Waals surface area contributed by atoms with Crippen LogP contribution >= 0.6 is 11.3 Å². The van der Waals surface area contributed by atoms with Crippen LogP contribution in [-0.2, 0) is 16.1 Å². The highest BCUT2D eigenvalue weighted by Gasteiger charge is 2.72. The molecule has 3 aromatic heterocycles. The maximum Gasteiger partial charge on any atom is 0.256 e. The fourth-order valence-electron chi connectivity index (χ4n) is 5.88. The normalized spacial score (nSPS) is 22.3. The van der Waals surface area contributed by atoms with Crippen molar-refractivity contribution >= 4 is 39.3 Å². The number of thiophene rings is 1. The summed E-state index contributed by atoms with van der Waals surface area (Å²) in [6, 6.07) is 7.54. The molecule has 2 saturated heterocycles. The molecule has 9 heteroatoms. The van der Waals surface area contributed by atoms with Gasteiger partial charge >= 0.3 is 0 Å². The van der Waals surface area contributed by atoms with E-state index in [4.69, 9.17) is 0 Å². The summed E-state index contributed by atoms with van der Waals surface area (Å²) >= 11 is 1.46. The molecule has 0 aromatic carbocycles. The van der Waals surface area contributed by atoms with Gasteiger partial charge in [0.05, 0.1) is 39.9 Å². The average molecular weight is 500 g/mol. The highest BCUT2D eigenvalue weighted by atomic mass is 32.1. The largest absolute Gasteiger partial charge is 0.339 e. The lowest BCUT2D eigenvalue weighted by molar-refractivity contribution is -0.143. The van der Waals surface area contributed by atoms with E-state index in [9.17, 15) is 19.6 Å². The third-order valence-electron chi connectivity index (χ3n) is 7.88. The minimum absolute atomic E-state index is 0.0752. The number of piperidine rings is 1. The molecule has 1 saturated carbocycles. The smallest absolute Gasteiger partial charge is 0.256 e. The van der Waals surface area contributed by atoms with E-state index in [1.807, 2.05) is 30.9 Å². The van der Waals surface area contributed by atoms with E-state index in [-0.39, 0.29) is 47.2 Å². The van der Waals surface area contributed by atoms with E-state index < -0.39 is 0 Å². The van der Waals surface area contributed by atoms with E-state index in [2.05, 4.69) is 16.0 Å². The number of nitrogens with zero attached hydrogens (tertiary/aromatic N) is 5. The molecule has 0 bridgehead atoms. The van der Waals surface area contributed by atoms with Crippen molar-refractivity contribution in [1.29, 1.82) is 5.26 Å². The first-order valence-corrected chi connectivity index (χ1v) is 13.0. The molecular formula is C27H25N5O3S. The van der Waals surface area contributed by atoms with Crippen LogP contribution in [0.4, 0.5) is 0 Å². The van der Waals surface area contributed by atoms with Crippen molar-refractivity contribution in [2.75, 3.05) is 13.1 Å². The molecule has 182 valence electrons. The van der Waals surface area contributed by atoms with Gasteiger partial charge in [-0.2, -0.15) is 5.26 Å². The zero-order valence-corrected chi connectivity index (χ0v) is 21.2. The lowest BCUT2D eigenvalue weighted by atomic mass is 9.97. The lowest BCUT2D eigenvalue weighted by Gasteiger charge is -2.20. The van der Waals surface area contributed by atoms with Gasteiger partial charge in [-0.05, 0) is 43.4 Å². The average Bonchev–Trinajstić information content (AvgIpc) is 3.33. The van der Waals surface area contributed by atoms with Crippen molar-refractivity contribution in [2.24, 2.45) is 17.3 Å². The third-order valence-corrected chi connectivity index (χ3v) is 9.02. The maximum atomic E-state index is 13.5. The monoisotopic (exact) mass is 499 g/mol. The van der Waals surface area contributed by atoms with Crippen LogP contribution in [0.25, 0.3) is 21.3 Å². The molecule has 3 amide bonds. The standard InChI is InChI=1S/C27H25N5O3S/c1-14-20(24(33)31-8-4-5-9-31)18(10-15(12-28)30-14)17-6-7-29-19-11-16(36-23(17)19)13-32-25(34)21-22(26(32)35)27(21,2)3/h6-7,10-11,21-22H,4-5,8-9,13H2,1-3H3. The van der Waals surface area contributed by atoms with Crippen molar-refractivity contribution < 1.29 is 14.4 Å². The van der Waals surface area contributed by atoms with Gasteiger partial charge in [-0.25, -0.2) is 4.98 Å². The van der Waals surface area contributed by atoms with Crippen LogP contribution in [0.3, 0.4) is 0 Å². The molecule has 3 aromatic rings. The summed E-state index contributed by atoms with van der Waals surface area (Å²) in [5, 5.41) is 9.58. The van der Waals surface area contributed by atoms with Crippen molar-refractivity contribution in [1.82, 2.24) is 19.8 Å². The Balaban J connectivity index is 1.41. The number of aromatic nitrogens is 2. The summed E-state index contributed by atoms with van der Waals surface area (Å²) in [4.78, 5) is 52.1. The summed E-state index contributed by atoms with van der Waals surface area (Å²) < 4.78 is 0.849. The second-order valence-electron chi connectivity index (χ2n) is 10.5. The first-order chi connectivity index (χ1) is 17.2.